The van der Waals surface area contributed by atoms with Gasteiger partial charge in [0.2, 0.25) is 23.5 Å². The number of hydrogen-bond donors (Lipinski definition) is 3. The SMILES string of the molecule is C[C@@H](NC(=O)C1CCC(F)(F)CC1)C(=O)N[C@H](Cc1cccc(F)c1)C(=O)C(=O)NCc1ccccn1. The molecule has 0 radical (unpaired) electrons. The maximum Gasteiger partial charge on any atom is 0.289 e. The molecule has 1 saturated carbocycles. The van der Waals surface area contributed by atoms with Gasteiger partial charge in [-0.15, -0.1) is 0 Å². The van der Waals surface area contributed by atoms with E-state index in [1.165, 1.54) is 31.3 Å². The van der Waals surface area contributed by atoms with E-state index in [-0.39, 0.29) is 25.8 Å². The van der Waals surface area contributed by atoms with Crippen LogP contribution in [-0.4, -0.2) is 46.5 Å². The molecule has 0 spiro atoms. The minimum atomic E-state index is -2.79. The number of ketones is 1. The Kier molecular flexibility index (Phi) is 9.37. The van der Waals surface area contributed by atoms with Crippen molar-refractivity contribution in [1.82, 2.24) is 20.9 Å². The normalized spacial score (nSPS) is 16.8. The van der Waals surface area contributed by atoms with Crippen LogP contribution in [0.15, 0.2) is 48.7 Å². The molecule has 1 heterocycles. The first kappa shape index (κ1) is 27.8. The van der Waals surface area contributed by atoms with Crippen LogP contribution >= 0.6 is 0 Å². The predicted molar refractivity (Wildman–Crippen MR) is 128 cm³/mol. The van der Waals surface area contributed by atoms with Gasteiger partial charge in [0.1, 0.15) is 17.9 Å². The Morgan fingerprint density at radius 3 is 2.43 bits per heavy atom. The molecular weight excluding hydrogens is 489 g/mol. The fourth-order valence-corrected chi connectivity index (χ4v) is 4.02. The highest BCUT2D eigenvalue weighted by molar-refractivity contribution is 6.38. The van der Waals surface area contributed by atoms with E-state index < -0.39 is 66.1 Å². The summed E-state index contributed by atoms with van der Waals surface area (Å²) >= 11 is 0. The number of nitrogens with one attached hydrogen (secondary N) is 3. The number of aromatic nitrogens is 1. The summed E-state index contributed by atoms with van der Waals surface area (Å²) in [5.74, 6) is -7.18. The highest BCUT2D eigenvalue weighted by Crippen LogP contribution is 2.36. The lowest BCUT2D eigenvalue weighted by molar-refractivity contribution is -0.140. The molecular formula is C26H29F3N4O4. The van der Waals surface area contributed by atoms with Crippen LogP contribution in [0, 0.1) is 11.7 Å². The van der Waals surface area contributed by atoms with Crippen LogP contribution in [0.3, 0.4) is 0 Å². The van der Waals surface area contributed by atoms with Gasteiger partial charge >= 0.3 is 0 Å². The fourth-order valence-electron chi connectivity index (χ4n) is 4.02. The lowest BCUT2D eigenvalue weighted by Gasteiger charge is -2.28. The Bertz CT molecular complexity index is 1120. The van der Waals surface area contributed by atoms with Gasteiger partial charge in [0, 0.05) is 31.4 Å². The van der Waals surface area contributed by atoms with Gasteiger partial charge < -0.3 is 16.0 Å². The minimum Gasteiger partial charge on any atom is -0.344 e. The van der Waals surface area contributed by atoms with Gasteiger partial charge in [0.15, 0.2) is 0 Å². The van der Waals surface area contributed by atoms with E-state index in [1.54, 1.807) is 24.3 Å². The summed E-state index contributed by atoms with van der Waals surface area (Å²) in [4.78, 5) is 54.9. The molecule has 1 fully saturated rings. The molecule has 1 aliphatic carbocycles. The smallest absolute Gasteiger partial charge is 0.289 e. The largest absolute Gasteiger partial charge is 0.344 e. The van der Waals surface area contributed by atoms with Crippen molar-refractivity contribution in [3.05, 3.63) is 65.7 Å². The summed E-state index contributed by atoms with van der Waals surface area (Å²) in [7, 11) is 0. The Morgan fingerprint density at radius 1 is 1.05 bits per heavy atom. The molecule has 1 aliphatic rings. The zero-order valence-electron chi connectivity index (χ0n) is 20.3. The van der Waals surface area contributed by atoms with Crippen LogP contribution in [0.5, 0.6) is 0 Å². The van der Waals surface area contributed by atoms with E-state index in [0.717, 1.165) is 0 Å². The van der Waals surface area contributed by atoms with E-state index in [1.807, 2.05) is 0 Å². The molecule has 198 valence electrons. The van der Waals surface area contributed by atoms with E-state index >= 15 is 0 Å². The van der Waals surface area contributed by atoms with Crippen LogP contribution in [0.1, 0.15) is 43.9 Å². The second kappa shape index (κ2) is 12.5. The molecule has 3 amide bonds. The van der Waals surface area contributed by atoms with E-state index in [4.69, 9.17) is 0 Å². The second-order valence-corrected chi connectivity index (χ2v) is 9.12. The van der Waals surface area contributed by atoms with Crippen molar-refractivity contribution in [2.24, 2.45) is 5.92 Å². The quantitative estimate of drug-likeness (QED) is 0.418. The Hall–Kier alpha value is -3.76. The predicted octanol–water partition coefficient (Wildman–Crippen LogP) is 2.46. The molecule has 1 aromatic heterocycles. The zero-order chi connectivity index (χ0) is 27.0. The van der Waals surface area contributed by atoms with Crippen LogP contribution < -0.4 is 16.0 Å². The minimum absolute atomic E-state index is 0.00426. The summed E-state index contributed by atoms with van der Waals surface area (Å²) in [5, 5.41) is 7.41. The number of hydrogen-bond acceptors (Lipinski definition) is 5. The number of alkyl halides is 2. The van der Waals surface area contributed by atoms with Gasteiger partial charge in [-0.1, -0.05) is 18.2 Å². The summed E-state index contributed by atoms with van der Waals surface area (Å²) in [6.45, 7) is 1.37. The van der Waals surface area contributed by atoms with Gasteiger partial charge in [-0.3, -0.25) is 24.2 Å². The van der Waals surface area contributed by atoms with E-state index in [9.17, 15) is 32.3 Å². The van der Waals surface area contributed by atoms with Gasteiger partial charge in [-0.25, -0.2) is 13.2 Å². The van der Waals surface area contributed by atoms with Gasteiger partial charge in [0.25, 0.3) is 5.91 Å². The van der Waals surface area contributed by atoms with Gasteiger partial charge in [-0.05, 0) is 49.6 Å². The Labute approximate surface area is 212 Å². The van der Waals surface area contributed by atoms with Crippen molar-refractivity contribution in [2.75, 3.05) is 0 Å². The molecule has 2 aromatic rings. The number of carbonyl (C=O) groups excluding carboxylic acids is 4. The highest BCUT2D eigenvalue weighted by atomic mass is 19.3. The number of halogens is 3. The monoisotopic (exact) mass is 518 g/mol. The van der Waals surface area contributed by atoms with E-state index in [2.05, 4.69) is 20.9 Å². The van der Waals surface area contributed by atoms with Crippen molar-refractivity contribution in [3.8, 4) is 0 Å². The maximum absolute atomic E-state index is 13.7. The maximum atomic E-state index is 13.7. The first-order chi connectivity index (χ1) is 17.5. The lowest BCUT2D eigenvalue weighted by atomic mass is 9.86. The third kappa shape index (κ3) is 8.40. The molecule has 11 heteroatoms. The molecule has 8 nitrogen and oxygen atoms in total. The van der Waals surface area contributed by atoms with Crippen molar-refractivity contribution < 1.29 is 32.3 Å². The van der Waals surface area contributed by atoms with Gasteiger partial charge in [0.05, 0.1) is 12.2 Å². The molecule has 3 N–H and O–H groups in total. The topological polar surface area (TPSA) is 117 Å². The molecule has 37 heavy (non-hydrogen) atoms. The first-order valence-electron chi connectivity index (χ1n) is 12.0. The lowest BCUT2D eigenvalue weighted by Crippen LogP contribution is -2.54. The third-order valence-corrected chi connectivity index (χ3v) is 6.18. The molecule has 3 rings (SSSR count). The summed E-state index contributed by atoms with van der Waals surface area (Å²) in [6, 6.07) is 8.02. The highest BCUT2D eigenvalue weighted by Gasteiger charge is 2.38. The Balaban J connectivity index is 1.64. The Morgan fingerprint density at radius 2 is 1.78 bits per heavy atom. The van der Waals surface area contributed by atoms with Crippen molar-refractivity contribution in [3.63, 3.8) is 0 Å². The van der Waals surface area contributed by atoms with Crippen LogP contribution in [0.4, 0.5) is 13.2 Å². The van der Waals surface area contributed by atoms with Crippen molar-refractivity contribution in [1.29, 1.82) is 0 Å². The number of rotatable bonds is 10. The molecule has 0 unspecified atom stereocenters. The summed E-state index contributed by atoms with van der Waals surface area (Å²) in [6.07, 6.45) is 0.574. The summed E-state index contributed by atoms with van der Waals surface area (Å²) < 4.78 is 40.5. The standard InChI is InChI=1S/C26H29F3N4O4/c1-16(32-24(36)18-8-10-26(28,29)11-9-18)23(35)33-21(14-17-5-4-6-19(27)13-17)22(34)25(37)31-15-20-7-2-3-12-30-20/h2-7,12-13,16,18,21H,8-11,14-15H2,1H3,(H,31,37)(H,32,36)(H,33,35)/t16-,21-/m1/s1. The van der Waals surface area contributed by atoms with Crippen molar-refractivity contribution >= 4 is 23.5 Å². The second-order valence-electron chi connectivity index (χ2n) is 9.12. The van der Waals surface area contributed by atoms with Crippen LogP contribution in [0.2, 0.25) is 0 Å². The number of nitrogens with zero attached hydrogens (tertiary/aromatic N) is 1. The molecule has 0 bridgehead atoms. The number of carbonyl (C=O) groups is 4. The van der Waals surface area contributed by atoms with Crippen molar-refractivity contribution in [2.45, 2.75) is 63.6 Å². The molecule has 0 aliphatic heterocycles. The third-order valence-electron chi connectivity index (χ3n) is 6.18. The number of amides is 3. The zero-order valence-corrected chi connectivity index (χ0v) is 20.3. The first-order valence-corrected chi connectivity index (χ1v) is 12.0. The molecule has 0 saturated heterocycles. The number of benzene rings is 1. The molecule has 1 aromatic carbocycles. The number of Topliss-reactive ketones (excluding diaryl/α,β-unsaturated/α-hetero) is 1. The van der Waals surface area contributed by atoms with E-state index in [0.29, 0.717) is 11.3 Å². The molecule has 2 atom stereocenters. The van der Waals surface area contributed by atoms with Gasteiger partial charge in [-0.2, -0.15) is 0 Å². The fraction of sp³-hybridized carbons (Fsp3) is 0.423. The average molecular weight is 519 g/mol. The summed E-state index contributed by atoms with van der Waals surface area (Å²) in [5.41, 5.74) is 0.891. The average Bonchev–Trinajstić information content (AvgIpc) is 2.86. The number of pyridine rings is 1. The van der Waals surface area contributed by atoms with Crippen LogP contribution in [0.25, 0.3) is 0 Å². The van der Waals surface area contributed by atoms with Crippen LogP contribution in [-0.2, 0) is 32.1 Å².